The molecule has 1 saturated heterocycles. The van der Waals surface area contributed by atoms with E-state index in [9.17, 15) is 18.0 Å². The van der Waals surface area contributed by atoms with Crippen molar-refractivity contribution in [2.75, 3.05) is 25.7 Å². The van der Waals surface area contributed by atoms with Crippen molar-refractivity contribution in [1.82, 2.24) is 4.98 Å². The van der Waals surface area contributed by atoms with E-state index in [4.69, 9.17) is 4.74 Å². The van der Waals surface area contributed by atoms with Crippen molar-refractivity contribution >= 4 is 22.4 Å². The lowest BCUT2D eigenvalue weighted by molar-refractivity contribution is -0.142. The van der Waals surface area contributed by atoms with E-state index in [2.05, 4.69) is 9.72 Å². The fourth-order valence-corrected chi connectivity index (χ4v) is 2.96. The summed E-state index contributed by atoms with van der Waals surface area (Å²) in [4.78, 5) is 16.8. The number of thiazole rings is 1. The van der Waals surface area contributed by atoms with Gasteiger partial charge in [0, 0.05) is 25.5 Å². The summed E-state index contributed by atoms with van der Waals surface area (Å²) in [7, 11) is 2.73. The molecule has 1 aliphatic rings. The number of rotatable bonds is 3. The van der Waals surface area contributed by atoms with Crippen LogP contribution in [0, 0.1) is 0 Å². The standard InChI is InChI=1S/C11H13F3N2O3S/c1-18-6-3-7(9(17)19-2)16(4-6)10-15-8(5-20-10)11(12,13)14/h5-7H,3-4H2,1-2H3. The maximum atomic E-state index is 12.6. The zero-order valence-electron chi connectivity index (χ0n) is 10.8. The monoisotopic (exact) mass is 310 g/mol. The van der Waals surface area contributed by atoms with Crippen LogP contribution in [0.5, 0.6) is 0 Å². The Morgan fingerprint density at radius 3 is 2.70 bits per heavy atom. The van der Waals surface area contributed by atoms with Crippen LogP contribution in [0.15, 0.2) is 5.38 Å². The van der Waals surface area contributed by atoms with E-state index >= 15 is 0 Å². The average Bonchev–Trinajstić information content (AvgIpc) is 3.02. The molecular formula is C11H13F3N2O3S. The zero-order chi connectivity index (χ0) is 14.9. The van der Waals surface area contributed by atoms with Gasteiger partial charge in [-0.25, -0.2) is 9.78 Å². The van der Waals surface area contributed by atoms with Crippen molar-refractivity contribution < 1.29 is 27.4 Å². The predicted octanol–water partition coefficient (Wildman–Crippen LogP) is 1.93. The van der Waals surface area contributed by atoms with E-state index in [-0.39, 0.29) is 11.2 Å². The average molecular weight is 310 g/mol. The van der Waals surface area contributed by atoms with E-state index in [0.29, 0.717) is 13.0 Å². The van der Waals surface area contributed by atoms with Gasteiger partial charge in [-0.3, -0.25) is 0 Å². The Bertz CT molecular complexity index is 492. The Hall–Kier alpha value is -1.35. The number of hydrogen-bond acceptors (Lipinski definition) is 6. The van der Waals surface area contributed by atoms with Crippen molar-refractivity contribution in [3.8, 4) is 0 Å². The van der Waals surface area contributed by atoms with E-state index < -0.39 is 23.9 Å². The van der Waals surface area contributed by atoms with Gasteiger partial charge in [-0.2, -0.15) is 13.2 Å². The van der Waals surface area contributed by atoms with Gasteiger partial charge in [-0.1, -0.05) is 0 Å². The quantitative estimate of drug-likeness (QED) is 0.799. The van der Waals surface area contributed by atoms with Gasteiger partial charge in [0.2, 0.25) is 0 Å². The van der Waals surface area contributed by atoms with Crippen molar-refractivity contribution in [2.24, 2.45) is 0 Å². The molecule has 0 bridgehead atoms. The van der Waals surface area contributed by atoms with Crippen LogP contribution >= 0.6 is 11.3 Å². The Morgan fingerprint density at radius 1 is 1.50 bits per heavy atom. The molecule has 1 aromatic heterocycles. The van der Waals surface area contributed by atoms with Crippen molar-refractivity contribution in [3.63, 3.8) is 0 Å². The van der Waals surface area contributed by atoms with Gasteiger partial charge in [0.15, 0.2) is 10.8 Å². The summed E-state index contributed by atoms with van der Waals surface area (Å²) in [5.74, 6) is -0.506. The molecule has 1 aliphatic heterocycles. The molecule has 0 aromatic carbocycles. The van der Waals surface area contributed by atoms with Crippen LogP contribution in [0.2, 0.25) is 0 Å². The Kier molecular flexibility index (Phi) is 4.19. The zero-order valence-corrected chi connectivity index (χ0v) is 11.6. The Morgan fingerprint density at radius 2 is 2.20 bits per heavy atom. The van der Waals surface area contributed by atoms with Crippen molar-refractivity contribution in [3.05, 3.63) is 11.1 Å². The summed E-state index contributed by atoms with van der Waals surface area (Å²) in [5.41, 5.74) is -0.956. The van der Waals surface area contributed by atoms with Gasteiger partial charge in [0.1, 0.15) is 6.04 Å². The van der Waals surface area contributed by atoms with Crippen LogP contribution in [0.25, 0.3) is 0 Å². The molecule has 9 heteroatoms. The molecule has 1 fully saturated rings. The highest BCUT2D eigenvalue weighted by Gasteiger charge is 2.41. The van der Waals surface area contributed by atoms with Crippen LogP contribution in [-0.2, 0) is 20.4 Å². The minimum atomic E-state index is -4.49. The summed E-state index contributed by atoms with van der Waals surface area (Å²) in [6.45, 7) is 0.307. The van der Waals surface area contributed by atoms with Crippen LogP contribution in [0.3, 0.4) is 0 Å². The topological polar surface area (TPSA) is 51.7 Å². The summed E-state index contributed by atoms with van der Waals surface area (Å²) in [5, 5.41) is 1.08. The van der Waals surface area contributed by atoms with Gasteiger partial charge < -0.3 is 14.4 Å². The lowest BCUT2D eigenvalue weighted by Crippen LogP contribution is -2.37. The van der Waals surface area contributed by atoms with E-state index in [1.54, 1.807) is 0 Å². The van der Waals surface area contributed by atoms with Crippen LogP contribution in [0.1, 0.15) is 12.1 Å². The SMILES string of the molecule is COC(=O)C1CC(OC)CN1c1nc(C(F)(F)F)cs1. The molecule has 112 valence electrons. The first kappa shape index (κ1) is 15.0. The molecule has 0 N–H and O–H groups in total. The number of methoxy groups -OCH3 is 2. The third-order valence-electron chi connectivity index (χ3n) is 3.10. The number of ether oxygens (including phenoxy) is 2. The highest BCUT2D eigenvalue weighted by molar-refractivity contribution is 7.13. The van der Waals surface area contributed by atoms with Gasteiger partial charge in [0.05, 0.1) is 13.2 Å². The largest absolute Gasteiger partial charge is 0.467 e. The predicted molar refractivity (Wildman–Crippen MR) is 65.7 cm³/mol. The number of carbonyl (C=O) groups excluding carboxylic acids is 1. The third kappa shape index (κ3) is 2.88. The maximum absolute atomic E-state index is 12.6. The number of carbonyl (C=O) groups is 1. The lowest BCUT2D eigenvalue weighted by Gasteiger charge is -2.21. The first-order valence-corrected chi connectivity index (χ1v) is 6.64. The Balaban J connectivity index is 2.24. The highest BCUT2D eigenvalue weighted by atomic mass is 32.1. The second kappa shape index (κ2) is 5.57. The van der Waals surface area contributed by atoms with Gasteiger partial charge in [-0.05, 0) is 0 Å². The van der Waals surface area contributed by atoms with Gasteiger partial charge in [0.25, 0.3) is 0 Å². The van der Waals surface area contributed by atoms with Crippen LogP contribution in [-0.4, -0.2) is 43.9 Å². The normalized spacial score (nSPS) is 23.1. The fraction of sp³-hybridized carbons (Fsp3) is 0.636. The highest BCUT2D eigenvalue weighted by Crippen LogP contribution is 2.35. The second-order valence-electron chi connectivity index (χ2n) is 4.30. The molecule has 0 amide bonds. The molecule has 0 aliphatic carbocycles. The number of aromatic nitrogens is 1. The van der Waals surface area contributed by atoms with Crippen LogP contribution < -0.4 is 4.90 Å². The lowest BCUT2D eigenvalue weighted by atomic mass is 10.2. The van der Waals surface area contributed by atoms with E-state index in [1.165, 1.54) is 19.1 Å². The molecule has 2 rings (SSSR count). The Labute approximate surface area is 117 Å². The molecular weight excluding hydrogens is 297 g/mol. The second-order valence-corrected chi connectivity index (χ2v) is 5.13. The minimum absolute atomic E-state index is 0.146. The number of hydrogen-bond donors (Lipinski definition) is 0. The summed E-state index contributed by atoms with van der Waals surface area (Å²) in [6.07, 6.45) is -4.36. The third-order valence-corrected chi connectivity index (χ3v) is 3.98. The maximum Gasteiger partial charge on any atom is 0.434 e. The minimum Gasteiger partial charge on any atom is -0.467 e. The van der Waals surface area contributed by atoms with Crippen LogP contribution in [0.4, 0.5) is 18.3 Å². The molecule has 5 nitrogen and oxygen atoms in total. The molecule has 0 radical (unpaired) electrons. The molecule has 2 heterocycles. The van der Waals surface area contributed by atoms with Crippen molar-refractivity contribution in [2.45, 2.75) is 24.7 Å². The van der Waals surface area contributed by atoms with E-state index in [1.807, 2.05) is 0 Å². The first-order chi connectivity index (χ1) is 9.36. The molecule has 0 spiro atoms. The number of halogens is 3. The number of anilines is 1. The summed E-state index contributed by atoms with van der Waals surface area (Å²) in [6, 6.07) is -0.669. The number of nitrogens with zero attached hydrogens (tertiary/aromatic N) is 2. The van der Waals surface area contributed by atoms with Crippen molar-refractivity contribution in [1.29, 1.82) is 0 Å². The molecule has 2 atom stereocenters. The smallest absolute Gasteiger partial charge is 0.434 e. The molecule has 1 aromatic rings. The molecule has 20 heavy (non-hydrogen) atoms. The van der Waals surface area contributed by atoms with Gasteiger partial charge in [-0.15, -0.1) is 11.3 Å². The first-order valence-electron chi connectivity index (χ1n) is 5.76. The summed E-state index contributed by atoms with van der Waals surface area (Å²) >= 11 is 0.849. The van der Waals surface area contributed by atoms with E-state index in [0.717, 1.165) is 16.7 Å². The molecule has 2 unspecified atom stereocenters. The summed E-state index contributed by atoms with van der Waals surface area (Å²) < 4.78 is 47.5. The number of alkyl halides is 3. The fourth-order valence-electron chi connectivity index (χ4n) is 2.07. The number of esters is 1. The van der Waals surface area contributed by atoms with Gasteiger partial charge >= 0.3 is 12.1 Å². The molecule has 0 saturated carbocycles.